The van der Waals surface area contributed by atoms with Crippen molar-refractivity contribution in [3.63, 3.8) is 0 Å². The van der Waals surface area contributed by atoms with Crippen molar-refractivity contribution >= 4 is 29.6 Å². The number of epoxide rings is 1. The number of amides is 1. The highest BCUT2D eigenvalue weighted by Gasteiger charge is 2.82. The molecule has 4 fully saturated rings. The lowest BCUT2D eigenvalue weighted by molar-refractivity contribution is -0.351. The van der Waals surface area contributed by atoms with E-state index in [9.17, 15) is 29.4 Å². The molecule has 15 nitrogen and oxygen atoms in total. The molecule has 2 heterocycles. The number of ketones is 1. The molecule has 3 aromatic carbocycles. The number of aliphatic hydroxyl groups is 2. The van der Waals surface area contributed by atoms with Crippen molar-refractivity contribution in [2.24, 2.45) is 16.7 Å². The second-order valence-corrected chi connectivity index (χ2v) is 18.0. The summed E-state index contributed by atoms with van der Waals surface area (Å²) >= 11 is 0. The molecule has 0 radical (unpaired) electrons. The van der Waals surface area contributed by atoms with E-state index in [0.29, 0.717) is 22.3 Å². The number of rotatable bonds is 12. The number of hydrogen-bond acceptors (Lipinski definition) is 14. The van der Waals surface area contributed by atoms with Crippen LogP contribution in [-0.4, -0.2) is 114 Å². The highest BCUT2D eigenvalue weighted by Crippen LogP contribution is 2.68. The van der Waals surface area contributed by atoms with E-state index in [-0.39, 0.29) is 32.0 Å². The van der Waals surface area contributed by atoms with Gasteiger partial charge in [0.15, 0.2) is 23.1 Å². The normalized spacial score (nSPS) is 33.5. The number of carbonyl (C=O) groups is 5. The largest absolute Gasteiger partial charge is 0.456 e. The summed E-state index contributed by atoms with van der Waals surface area (Å²) in [5.41, 5.74) is -7.21. The van der Waals surface area contributed by atoms with Gasteiger partial charge in [-0.15, -0.1) is 0 Å². The lowest BCUT2D eigenvalue weighted by atomic mass is 9.43. The molecule has 3 N–H and O–H groups in total. The molecule has 0 aromatic heterocycles. The van der Waals surface area contributed by atoms with Gasteiger partial charge in [0.05, 0.1) is 42.3 Å². The minimum atomic E-state index is -2.23. The lowest BCUT2D eigenvalue weighted by Crippen LogP contribution is -2.82. The Morgan fingerprint density at radius 2 is 1.49 bits per heavy atom. The van der Waals surface area contributed by atoms with Crippen molar-refractivity contribution in [3.8, 4) is 0 Å². The zero-order chi connectivity index (χ0) is 45.1. The second kappa shape index (κ2) is 16.4. The molecule has 2 saturated heterocycles. The van der Waals surface area contributed by atoms with Gasteiger partial charge in [-0.05, 0) is 54.8 Å². The molecule has 1 spiro atoms. The van der Waals surface area contributed by atoms with Gasteiger partial charge in [-0.25, -0.2) is 9.59 Å². The number of ether oxygens (including phenoxy) is 7. The first-order valence-electron chi connectivity index (χ1n) is 21.1. The quantitative estimate of drug-likeness (QED) is 0.0768. The molecular weight excluding hydrogens is 815 g/mol. The molecule has 0 unspecified atom stereocenters. The first-order chi connectivity index (χ1) is 30.0. The van der Waals surface area contributed by atoms with Crippen LogP contribution in [0.25, 0.3) is 0 Å². The van der Waals surface area contributed by atoms with E-state index < -0.39 is 106 Å². The minimum Gasteiger partial charge on any atom is -0.456 e. The maximum atomic E-state index is 15.9. The molecule has 2 bridgehead atoms. The summed E-state index contributed by atoms with van der Waals surface area (Å²) in [5, 5.41) is 28.5. The van der Waals surface area contributed by atoms with Crippen LogP contribution in [0.4, 0.5) is 0 Å². The summed E-state index contributed by atoms with van der Waals surface area (Å²) < 4.78 is 43.0. The van der Waals surface area contributed by atoms with E-state index in [2.05, 4.69) is 5.32 Å². The highest BCUT2D eigenvalue weighted by molar-refractivity contribution is 6.00. The predicted octanol–water partition coefficient (Wildman–Crippen LogP) is 4.20. The Kier molecular flexibility index (Phi) is 11.5. The number of nitrogens with one attached hydrogen (secondary N) is 1. The third-order valence-corrected chi connectivity index (χ3v) is 14.1. The van der Waals surface area contributed by atoms with Crippen LogP contribution in [0.3, 0.4) is 0 Å². The van der Waals surface area contributed by atoms with Crippen LogP contribution in [0.15, 0.2) is 102 Å². The third-order valence-electron chi connectivity index (χ3n) is 14.1. The van der Waals surface area contributed by atoms with E-state index >= 15 is 4.79 Å². The topological polar surface area (TPSA) is 206 Å². The maximum Gasteiger partial charge on any atom is 0.338 e. The van der Waals surface area contributed by atoms with Gasteiger partial charge < -0.3 is 48.7 Å². The SMILES string of the molecule is COCO[C@H]1C[C@H]2OC[C@@]2(OC(C)=O)[C@H]2[C@H](OC(=O)c3ccccc3)[C@]3(O)C[C@H](OC(=O)[C@H](O)[C@@H](NC(=O)c4ccccc4)c4ccccc4)C(C)=C(C3(C)C)[C@]3(CO3)C(=O)[C@]12C. The van der Waals surface area contributed by atoms with Crippen molar-refractivity contribution < 1.29 is 67.3 Å². The monoisotopic (exact) mass is 867 g/mol. The van der Waals surface area contributed by atoms with E-state index in [4.69, 9.17) is 33.2 Å². The maximum absolute atomic E-state index is 15.9. The number of fused-ring (bicyclic) bond motifs is 6. The van der Waals surface area contributed by atoms with E-state index in [0.717, 1.165) is 0 Å². The van der Waals surface area contributed by atoms with Crippen LogP contribution >= 0.6 is 0 Å². The van der Waals surface area contributed by atoms with Gasteiger partial charge in [0, 0.05) is 37.9 Å². The Bertz CT molecular complexity index is 2300. The number of aliphatic hydroxyl groups excluding tert-OH is 1. The van der Waals surface area contributed by atoms with Crippen LogP contribution < -0.4 is 5.32 Å². The molecular formula is C48H53NO14. The molecule has 5 aliphatic rings. The van der Waals surface area contributed by atoms with Gasteiger partial charge in [-0.2, -0.15) is 0 Å². The lowest BCUT2D eigenvalue weighted by Gasteiger charge is -2.68. The standard InChI is InChI=1S/C48H53NO14/c1-27-32(61-42(54)36(51)35(29-16-10-7-11-17-29)49-40(52)30-18-12-8-13-19-30)23-48(56)39(62-41(53)31-20-14-9-15-21-31)38-45(5,43(55)47(25-60-47)37(27)44(48,3)4)33(59-26-57-6)22-34-46(38,24-58-34)63-28(2)50/h7-21,32-36,38-39,51,56H,22-26H2,1-6H3,(H,49,52)/t32-,33-,34+,35-,36+,38-,39-,45+,46-,47+,48+/m0/s1. The van der Waals surface area contributed by atoms with Gasteiger partial charge in [0.2, 0.25) is 0 Å². The number of methoxy groups -OCH3 is 1. The van der Waals surface area contributed by atoms with Crippen molar-refractivity contribution in [3.05, 3.63) is 119 Å². The molecule has 2 aliphatic heterocycles. The number of benzene rings is 3. The molecule has 2 saturated carbocycles. The van der Waals surface area contributed by atoms with Crippen LogP contribution in [0.1, 0.15) is 79.8 Å². The average Bonchev–Trinajstić information content (AvgIpc) is 4.06. The van der Waals surface area contributed by atoms with Crippen LogP contribution in [-0.2, 0) is 47.5 Å². The fraction of sp³-hybridized carbons (Fsp3) is 0.479. The predicted molar refractivity (Wildman–Crippen MR) is 222 cm³/mol. The van der Waals surface area contributed by atoms with E-state index in [1.807, 2.05) is 0 Å². The highest BCUT2D eigenvalue weighted by atomic mass is 16.7. The molecule has 8 rings (SSSR count). The van der Waals surface area contributed by atoms with Crippen molar-refractivity contribution in [2.75, 3.05) is 27.1 Å². The molecule has 63 heavy (non-hydrogen) atoms. The third kappa shape index (κ3) is 7.09. The Hall–Kier alpha value is -5.29. The van der Waals surface area contributed by atoms with Gasteiger partial charge in [-0.3, -0.25) is 14.4 Å². The summed E-state index contributed by atoms with van der Waals surface area (Å²) in [6.07, 6.45) is -7.19. The van der Waals surface area contributed by atoms with Crippen molar-refractivity contribution in [1.82, 2.24) is 5.32 Å². The smallest absolute Gasteiger partial charge is 0.338 e. The summed E-state index contributed by atoms with van der Waals surface area (Å²) in [6.45, 7) is 7.43. The average molecular weight is 868 g/mol. The molecule has 15 heteroatoms. The zero-order valence-corrected chi connectivity index (χ0v) is 36.0. The fourth-order valence-corrected chi connectivity index (χ4v) is 11.0. The minimum absolute atomic E-state index is 0.0756. The van der Waals surface area contributed by atoms with Crippen molar-refractivity contribution in [1.29, 1.82) is 0 Å². The van der Waals surface area contributed by atoms with Crippen LogP contribution in [0.2, 0.25) is 0 Å². The first kappa shape index (κ1) is 44.3. The Morgan fingerprint density at radius 3 is 2.05 bits per heavy atom. The van der Waals surface area contributed by atoms with Crippen molar-refractivity contribution in [2.45, 2.75) is 101 Å². The summed E-state index contributed by atoms with van der Waals surface area (Å²) in [6, 6.07) is 23.6. The first-order valence-corrected chi connectivity index (χ1v) is 21.1. The Labute approximate surface area is 365 Å². The number of hydrogen-bond donors (Lipinski definition) is 3. The molecule has 3 aliphatic carbocycles. The number of esters is 3. The summed E-state index contributed by atoms with van der Waals surface area (Å²) in [5.74, 6) is -5.06. The van der Waals surface area contributed by atoms with Gasteiger partial charge >= 0.3 is 17.9 Å². The Morgan fingerprint density at radius 1 is 0.889 bits per heavy atom. The van der Waals surface area contributed by atoms with Crippen LogP contribution in [0.5, 0.6) is 0 Å². The molecule has 3 aromatic rings. The number of carbonyl (C=O) groups excluding carboxylic acids is 5. The summed E-state index contributed by atoms with van der Waals surface area (Å²) in [4.78, 5) is 71.3. The van der Waals surface area contributed by atoms with Gasteiger partial charge in [0.25, 0.3) is 5.91 Å². The molecule has 11 atom stereocenters. The summed E-state index contributed by atoms with van der Waals surface area (Å²) in [7, 11) is 1.43. The van der Waals surface area contributed by atoms with E-state index in [1.54, 1.807) is 119 Å². The zero-order valence-electron chi connectivity index (χ0n) is 36.0. The second-order valence-electron chi connectivity index (χ2n) is 18.0. The fourth-order valence-electron chi connectivity index (χ4n) is 11.0. The number of Topliss-reactive ketones (excluding diaryl/α,β-unsaturated/α-hetero) is 1. The van der Waals surface area contributed by atoms with Gasteiger partial charge in [-0.1, -0.05) is 80.6 Å². The molecule has 1 amide bonds. The van der Waals surface area contributed by atoms with Gasteiger partial charge in [0.1, 0.15) is 30.7 Å². The Balaban J connectivity index is 1.27. The van der Waals surface area contributed by atoms with E-state index in [1.165, 1.54) is 14.0 Å². The van der Waals surface area contributed by atoms with Crippen LogP contribution in [0, 0.1) is 16.7 Å². The molecule has 334 valence electrons.